The number of nitrogens with zero attached hydrogens (tertiary/aromatic N) is 1. The SMILES string of the molecule is COCC(N)C(=O)N1CC(C(N)=O)Cc2ccccc21.Cl. The summed E-state index contributed by atoms with van der Waals surface area (Å²) in [5.74, 6) is -1.05. The Morgan fingerprint density at radius 1 is 1.43 bits per heavy atom. The summed E-state index contributed by atoms with van der Waals surface area (Å²) in [4.78, 5) is 25.4. The van der Waals surface area contributed by atoms with E-state index in [1.54, 1.807) is 0 Å². The summed E-state index contributed by atoms with van der Waals surface area (Å²) in [6.07, 6.45) is 0.550. The Bertz CT molecular complexity index is 524. The minimum absolute atomic E-state index is 0. The molecule has 21 heavy (non-hydrogen) atoms. The molecule has 1 aromatic carbocycles. The van der Waals surface area contributed by atoms with Crippen LogP contribution in [0.25, 0.3) is 0 Å². The molecule has 2 rings (SSSR count). The Kier molecular flexibility index (Phi) is 6.14. The topological polar surface area (TPSA) is 98.7 Å². The van der Waals surface area contributed by atoms with E-state index in [1.165, 1.54) is 12.0 Å². The lowest BCUT2D eigenvalue weighted by molar-refractivity contribution is -0.123. The maximum Gasteiger partial charge on any atom is 0.246 e. The third kappa shape index (κ3) is 3.72. The summed E-state index contributed by atoms with van der Waals surface area (Å²) in [5, 5.41) is 0. The summed E-state index contributed by atoms with van der Waals surface area (Å²) in [6, 6.07) is 6.72. The van der Waals surface area contributed by atoms with Gasteiger partial charge < -0.3 is 21.1 Å². The Labute approximate surface area is 129 Å². The normalized spacial score (nSPS) is 18.4. The van der Waals surface area contributed by atoms with Crippen LogP contribution in [0.3, 0.4) is 0 Å². The predicted molar refractivity (Wildman–Crippen MR) is 82.3 cm³/mol. The smallest absolute Gasteiger partial charge is 0.246 e. The standard InChI is InChI=1S/C14H19N3O3.ClH/c1-20-8-11(15)14(19)17-7-10(13(16)18)6-9-4-2-3-5-12(9)17;/h2-5,10-11H,6-8,15H2,1H3,(H2,16,18);1H. The maximum absolute atomic E-state index is 12.4. The molecular weight excluding hydrogens is 294 g/mol. The fraction of sp³-hybridized carbons (Fsp3) is 0.429. The van der Waals surface area contributed by atoms with Gasteiger partial charge >= 0.3 is 0 Å². The number of hydrogen-bond acceptors (Lipinski definition) is 4. The van der Waals surface area contributed by atoms with Gasteiger partial charge in [0.05, 0.1) is 12.5 Å². The van der Waals surface area contributed by atoms with Crippen molar-refractivity contribution in [2.75, 3.05) is 25.2 Å². The van der Waals surface area contributed by atoms with Crippen molar-refractivity contribution in [3.8, 4) is 0 Å². The number of carbonyl (C=O) groups excluding carboxylic acids is 2. The molecule has 0 saturated carbocycles. The lowest BCUT2D eigenvalue weighted by atomic mass is 9.91. The predicted octanol–water partition coefficient (Wildman–Crippen LogP) is 0.0727. The quantitative estimate of drug-likeness (QED) is 0.822. The Balaban J connectivity index is 0.00000220. The van der Waals surface area contributed by atoms with E-state index < -0.39 is 11.9 Å². The number of nitrogens with two attached hydrogens (primary N) is 2. The first-order chi connectivity index (χ1) is 9.54. The summed E-state index contributed by atoms with van der Waals surface area (Å²) in [7, 11) is 1.49. The second-order valence-electron chi connectivity index (χ2n) is 4.94. The van der Waals surface area contributed by atoms with Crippen molar-refractivity contribution in [1.29, 1.82) is 0 Å². The van der Waals surface area contributed by atoms with Crippen LogP contribution < -0.4 is 16.4 Å². The highest BCUT2D eigenvalue weighted by molar-refractivity contribution is 5.99. The molecule has 6 nitrogen and oxygen atoms in total. The van der Waals surface area contributed by atoms with Gasteiger partial charge in [-0.15, -0.1) is 12.4 Å². The van der Waals surface area contributed by atoms with E-state index in [0.29, 0.717) is 6.42 Å². The Morgan fingerprint density at radius 2 is 2.10 bits per heavy atom. The molecule has 2 amide bonds. The molecular formula is C14H20ClN3O3. The fourth-order valence-electron chi connectivity index (χ4n) is 2.45. The first-order valence-corrected chi connectivity index (χ1v) is 6.47. The summed E-state index contributed by atoms with van der Waals surface area (Å²) in [5.41, 5.74) is 12.9. The number of benzene rings is 1. The molecule has 7 heteroatoms. The molecule has 0 aromatic heterocycles. The molecule has 0 saturated heterocycles. The zero-order chi connectivity index (χ0) is 14.7. The second-order valence-corrected chi connectivity index (χ2v) is 4.94. The average Bonchev–Trinajstić information content (AvgIpc) is 2.45. The molecule has 2 atom stereocenters. The number of carbonyl (C=O) groups is 2. The molecule has 1 aliphatic rings. The van der Waals surface area contributed by atoms with Crippen LogP contribution in [-0.2, 0) is 20.7 Å². The highest BCUT2D eigenvalue weighted by atomic mass is 35.5. The molecule has 0 spiro atoms. The van der Waals surface area contributed by atoms with E-state index in [9.17, 15) is 9.59 Å². The van der Waals surface area contributed by atoms with Crippen LogP contribution in [-0.4, -0.2) is 38.1 Å². The van der Waals surface area contributed by atoms with E-state index in [-0.39, 0.29) is 37.4 Å². The molecule has 0 radical (unpaired) electrons. The average molecular weight is 314 g/mol. The zero-order valence-electron chi connectivity index (χ0n) is 11.8. The third-order valence-electron chi connectivity index (χ3n) is 3.48. The zero-order valence-corrected chi connectivity index (χ0v) is 12.6. The molecule has 2 unspecified atom stereocenters. The Morgan fingerprint density at radius 3 is 2.71 bits per heavy atom. The first-order valence-electron chi connectivity index (χ1n) is 6.47. The van der Waals surface area contributed by atoms with Gasteiger partial charge in [-0.25, -0.2) is 0 Å². The molecule has 0 fully saturated rings. The van der Waals surface area contributed by atoms with Crippen LogP contribution in [0, 0.1) is 5.92 Å². The number of halogens is 1. The minimum atomic E-state index is -0.750. The molecule has 0 aliphatic carbocycles. The number of fused-ring (bicyclic) bond motifs is 1. The molecule has 0 bridgehead atoms. The maximum atomic E-state index is 12.4. The molecule has 1 aromatic rings. The van der Waals surface area contributed by atoms with Crippen LogP contribution >= 0.6 is 12.4 Å². The van der Waals surface area contributed by atoms with E-state index in [1.807, 2.05) is 24.3 Å². The third-order valence-corrected chi connectivity index (χ3v) is 3.48. The molecule has 116 valence electrons. The van der Waals surface area contributed by atoms with Crippen molar-refractivity contribution in [2.45, 2.75) is 12.5 Å². The van der Waals surface area contributed by atoms with Crippen LogP contribution in [0.15, 0.2) is 24.3 Å². The van der Waals surface area contributed by atoms with Gasteiger partial charge in [0, 0.05) is 19.3 Å². The number of para-hydroxylation sites is 1. The number of amides is 2. The largest absolute Gasteiger partial charge is 0.383 e. The van der Waals surface area contributed by atoms with Gasteiger partial charge in [-0.05, 0) is 18.1 Å². The van der Waals surface area contributed by atoms with Crippen LogP contribution in [0.5, 0.6) is 0 Å². The first kappa shape index (κ1) is 17.4. The van der Waals surface area contributed by atoms with Crippen molar-refractivity contribution in [3.05, 3.63) is 29.8 Å². The van der Waals surface area contributed by atoms with Gasteiger partial charge in [-0.2, -0.15) is 0 Å². The van der Waals surface area contributed by atoms with Gasteiger partial charge in [0.25, 0.3) is 0 Å². The van der Waals surface area contributed by atoms with Gasteiger partial charge in [0.15, 0.2) is 0 Å². The minimum Gasteiger partial charge on any atom is -0.383 e. The fourth-order valence-corrected chi connectivity index (χ4v) is 2.45. The summed E-state index contributed by atoms with van der Waals surface area (Å²) >= 11 is 0. The van der Waals surface area contributed by atoms with Crippen LogP contribution in [0.4, 0.5) is 5.69 Å². The van der Waals surface area contributed by atoms with E-state index >= 15 is 0 Å². The monoisotopic (exact) mass is 313 g/mol. The van der Waals surface area contributed by atoms with Gasteiger partial charge in [-0.3, -0.25) is 9.59 Å². The van der Waals surface area contributed by atoms with Crippen molar-refractivity contribution in [3.63, 3.8) is 0 Å². The van der Waals surface area contributed by atoms with Crippen molar-refractivity contribution in [2.24, 2.45) is 17.4 Å². The number of hydrogen-bond donors (Lipinski definition) is 2. The van der Waals surface area contributed by atoms with Crippen LogP contribution in [0.2, 0.25) is 0 Å². The van der Waals surface area contributed by atoms with Crippen molar-refractivity contribution >= 4 is 29.9 Å². The highest BCUT2D eigenvalue weighted by Crippen LogP contribution is 2.29. The second kappa shape index (κ2) is 7.40. The molecule has 1 aliphatic heterocycles. The number of ether oxygens (including phenoxy) is 1. The summed E-state index contributed by atoms with van der Waals surface area (Å²) in [6.45, 7) is 0.404. The lowest BCUT2D eigenvalue weighted by Gasteiger charge is -2.34. The number of rotatable bonds is 4. The van der Waals surface area contributed by atoms with Gasteiger partial charge in [-0.1, -0.05) is 18.2 Å². The highest BCUT2D eigenvalue weighted by Gasteiger charge is 2.33. The van der Waals surface area contributed by atoms with E-state index in [2.05, 4.69) is 0 Å². The summed E-state index contributed by atoms with van der Waals surface area (Å²) < 4.78 is 4.91. The molecule has 1 heterocycles. The van der Waals surface area contributed by atoms with Gasteiger partial charge in [0.1, 0.15) is 6.04 Å². The van der Waals surface area contributed by atoms with Crippen molar-refractivity contribution < 1.29 is 14.3 Å². The number of anilines is 1. The van der Waals surface area contributed by atoms with E-state index in [4.69, 9.17) is 16.2 Å². The van der Waals surface area contributed by atoms with E-state index in [0.717, 1.165) is 11.3 Å². The van der Waals surface area contributed by atoms with Crippen molar-refractivity contribution in [1.82, 2.24) is 0 Å². The molecule has 4 N–H and O–H groups in total. The lowest BCUT2D eigenvalue weighted by Crippen LogP contribution is -2.51. The van der Waals surface area contributed by atoms with Gasteiger partial charge in [0.2, 0.25) is 11.8 Å². The number of primary amides is 1. The Hall–Kier alpha value is -1.63. The number of methoxy groups -OCH3 is 1. The van der Waals surface area contributed by atoms with Crippen LogP contribution in [0.1, 0.15) is 5.56 Å².